The van der Waals surface area contributed by atoms with Crippen LogP contribution >= 0.6 is 11.8 Å². The largest absolute Gasteiger partial charge is 0.493 e. The summed E-state index contributed by atoms with van der Waals surface area (Å²) in [6, 6.07) is 7.99. The molecule has 0 unspecified atom stereocenters. The average molecular weight is 311 g/mol. The second-order valence-corrected chi connectivity index (χ2v) is 5.75. The Morgan fingerprint density at radius 1 is 1.36 bits per heavy atom. The number of benzene rings is 1. The van der Waals surface area contributed by atoms with Crippen LogP contribution in [0.1, 0.15) is 18.2 Å². The first-order valence-corrected chi connectivity index (χ1v) is 8.19. The van der Waals surface area contributed by atoms with E-state index in [1.165, 1.54) is 11.8 Å². The van der Waals surface area contributed by atoms with Gasteiger partial charge in [0.1, 0.15) is 5.69 Å². The molecule has 0 radical (unpaired) electrons. The van der Waals surface area contributed by atoms with E-state index in [0.717, 1.165) is 27.7 Å². The fourth-order valence-corrected chi connectivity index (χ4v) is 3.11. The van der Waals surface area contributed by atoms with E-state index in [2.05, 4.69) is 16.6 Å². The van der Waals surface area contributed by atoms with Crippen molar-refractivity contribution in [2.24, 2.45) is 4.99 Å². The standard InChI is InChI=1S/C17H17N3OS/c1-4-9-20-16(21)15(19-17(20)22-3)10-13-11(2)18-14-8-6-5-7-12(13)14/h4-8,10,21H,1,9H2,2-3H3/b13-10+. The fraction of sp³-hybridized carbons (Fsp3) is 0.176. The molecule has 0 saturated carbocycles. The molecule has 0 amide bonds. The predicted octanol–water partition coefficient (Wildman–Crippen LogP) is 4.14. The minimum atomic E-state index is 0.161. The van der Waals surface area contributed by atoms with Gasteiger partial charge in [-0.1, -0.05) is 36.0 Å². The number of rotatable bonds is 4. The van der Waals surface area contributed by atoms with Gasteiger partial charge in [-0.15, -0.1) is 6.58 Å². The molecule has 0 spiro atoms. The Bertz CT molecular complexity index is 802. The minimum Gasteiger partial charge on any atom is -0.493 e. The van der Waals surface area contributed by atoms with Crippen molar-refractivity contribution in [1.82, 2.24) is 9.55 Å². The van der Waals surface area contributed by atoms with Gasteiger partial charge in [0.2, 0.25) is 5.88 Å². The maximum atomic E-state index is 10.4. The van der Waals surface area contributed by atoms with Crippen LogP contribution in [0.4, 0.5) is 5.69 Å². The van der Waals surface area contributed by atoms with Crippen LogP contribution in [0.25, 0.3) is 11.6 Å². The van der Waals surface area contributed by atoms with Crippen molar-refractivity contribution in [2.45, 2.75) is 18.6 Å². The topological polar surface area (TPSA) is 50.4 Å². The number of nitrogens with zero attached hydrogens (tertiary/aromatic N) is 3. The number of hydrogen-bond acceptors (Lipinski definition) is 4. The lowest BCUT2D eigenvalue weighted by Gasteiger charge is -2.03. The summed E-state index contributed by atoms with van der Waals surface area (Å²) in [5.74, 6) is 0.161. The summed E-state index contributed by atoms with van der Waals surface area (Å²) in [5.41, 5.74) is 4.53. The minimum absolute atomic E-state index is 0.161. The van der Waals surface area contributed by atoms with Gasteiger partial charge in [0.25, 0.3) is 0 Å². The lowest BCUT2D eigenvalue weighted by atomic mass is 10.0. The lowest BCUT2D eigenvalue weighted by molar-refractivity contribution is 0.416. The molecule has 0 saturated heterocycles. The van der Waals surface area contributed by atoms with Crippen molar-refractivity contribution in [3.8, 4) is 5.88 Å². The molecular formula is C17H17N3OS. The van der Waals surface area contributed by atoms with Crippen molar-refractivity contribution in [3.63, 3.8) is 0 Å². The Kier molecular flexibility index (Phi) is 3.90. The molecule has 2 aromatic rings. The van der Waals surface area contributed by atoms with Gasteiger partial charge in [-0.25, -0.2) is 4.98 Å². The SMILES string of the molecule is C=CCn1c(SC)nc(/C=C2\C(C)=Nc3ccccc32)c1O. The molecule has 0 fully saturated rings. The Morgan fingerprint density at radius 3 is 2.86 bits per heavy atom. The molecule has 22 heavy (non-hydrogen) atoms. The molecule has 3 rings (SSSR count). The van der Waals surface area contributed by atoms with Crippen LogP contribution in [-0.2, 0) is 6.54 Å². The van der Waals surface area contributed by atoms with Gasteiger partial charge in [0, 0.05) is 23.4 Å². The quantitative estimate of drug-likeness (QED) is 0.682. The molecule has 0 aliphatic carbocycles. The molecule has 4 nitrogen and oxygen atoms in total. The number of aromatic nitrogens is 2. The van der Waals surface area contributed by atoms with Gasteiger partial charge in [-0.05, 0) is 25.3 Å². The summed E-state index contributed by atoms with van der Waals surface area (Å²) in [6.45, 7) is 6.22. The van der Waals surface area contributed by atoms with Gasteiger partial charge in [0.05, 0.1) is 5.69 Å². The highest BCUT2D eigenvalue weighted by Gasteiger charge is 2.20. The van der Waals surface area contributed by atoms with Gasteiger partial charge >= 0.3 is 0 Å². The van der Waals surface area contributed by atoms with Crippen molar-refractivity contribution < 1.29 is 5.11 Å². The fourth-order valence-electron chi connectivity index (χ4n) is 2.54. The molecule has 112 valence electrons. The zero-order valence-corrected chi connectivity index (χ0v) is 13.4. The van der Waals surface area contributed by atoms with Crippen LogP contribution in [0.2, 0.25) is 0 Å². The van der Waals surface area contributed by atoms with E-state index in [9.17, 15) is 5.11 Å². The van der Waals surface area contributed by atoms with Crippen LogP contribution in [-0.4, -0.2) is 26.6 Å². The molecule has 0 atom stereocenters. The van der Waals surface area contributed by atoms with E-state index >= 15 is 0 Å². The van der Waals surface area contributed by atoms with Crippen LogP contribution in [0, 0.1) is 0 Å². The first-order valence-electron chi connectivity index (χ1n) is 6.97. The number of thioether (sulfide) groups is 1. The first-order chi connectivity index (χ1) is 10.7. The number of allylic oxidation sites excluding steroid dienone is 2. The average Bonchev–Trinajstić information content (AvgIpc) is 2.99. The zero-order chi connectivity index (χ0) is 15.7. The Hall–Kier alpha value is -2.27. The maximum Gasteiger partial charge on any atom is 0.220 e. The van der Waals surface area contributed by atoms with Gasteiger partial charge in [-0.3, -0.25) is 9.56 Å². The number of hydrogen-bond donors (Lipinski definition) is 1. The van der Waals surface area contributed by atoms with E-state index in [1.54, 1.807) is 10.6 Å². The smallest absolute Gasteiger partial charge is 0.220 e. The third kappa shape index (κ3) is 2.37. The van der Waals surface area contributed by atoms with E-state index in [-0.39, 0.29) is 5.88 Å². The summed E-state index contributed by atoms with van der Waals surface area (Å²) in [6.07, 6.45) is 5.59. The molecule has 2 heterocycles. The van der Waals surface area contributed by atoms with Crippen molar-refractivity contribution in [3.05, 3.63) is 48.2 Å². The van der Waals surface area contributed by atoms with Crippen LogP contribution in [0.5, 0.6) is 5.88 Å². The molecule has 1 aliphatic rings. The van der Waals surface area contributed by atoms with E-state index in [0.29, 0.717) is 12.2 Å². The first kappa shape index (κ1) is 14.7. The number of fused-ring (bicyclic) bond motifs is 1. The highest BCUT2D eigenvalue weighted by atomic mass is 32.2. The molecule has 1 aliphatic heterocycles. The van der Waals surface area contributed by atoms with E-state index in [1.807, 2.05) is 43.5 Å². The van der Waals surface area contributed by atoms with Gasteiger partial charge in [0.15, 0.2) is 5.16 Å². The highest BCUT2D eigenvalue weighted by Crippen LogP contribution is 2.37. The summed E-state index contributed by atoms with van der Waals surface area (Å²) in [5, 5.41) is 11.2. The second-order valence-electron chi connectivity index (χ2n) is 4.98. The van der Waals surface area contributed by atoms with Crippen molar-refractivity contribution >= 4 is 34.8 Å². The number of para-hydroxylation sites is 1. The second kappa shape index (κ2) is 5.85. The maximum absolute atomic E-state index is 10.4. The molecule has 1 aromatic heterocycles. The molecule has 1 aromatic carbocycles. The van der Waals surface area contributed by atoms with E-state index in [4.69, 9.17) is 0 Å². The Morgan fingerprint density at radius 2 is 2.14 bits per heavy atom. The molecule has 5 heteroatoms. The van der Waals surface area contributed by atoms with Crippen LogP contribution < -0.4 is 0 Å². The van der Waals surface area contributed by atoms with Crippen LogP contribution in [0.15, 0.2) is 47.1 Å². The lowest BCUT2D eigenvalue weighted by Crippen LogP contribution is -1.95. The molecule has 0 bridgehead atoms. The van der Waals surface area contributed by atoms with E-state index < -0.39 is 0 Å². The third-order valence-electron chi connectivity index (χ3n) is 3.58. The summed E-state index contributed by atoms with van der Waals surface area (Å²) >= 11 is 1.50. The number of aromatic hydroxyl groups is 1. The Labute approximate surface area is 133 Å². The van der Waals surface area contributed by atoms with Crippen molar-refractivity contribution in [1.29, 1.82) is 0 Å². The zero-order valence-electron chi connectivity index (χ0n) is 12.6. The predicted molar refractivity (Wildman–Crippen MR) is 93.0 cm³/mol. The summed E-state index contributed by atoms with van der Waals surface area (Å²) < 4.78 is 1.75. The molecular weight excluding hydrogens is 294 g/mol. The Balaban J connectivity index is 2.10. The van der Waals surface area contributed by atoms with Crippen LogP contribution in [0.3, 0.4) is 0 Å². The number of aliphatic imine (C=N–C) groups is 1. The van der Waals surface area contributed by atoms with Crippen molar-refractivity contribution in [2.75, 3.05) is 6.26 Å². The normalized spacial score (nSPS) is 15.0. The van der Waals surface area contributed by atoms with Gasteiger partial charge in [-0.2, -0.15) is 0 Å². The molecule has 1 N–H and O–H groups in total. The summed E-state index contributed by atoms with van der Waals surface area (Å²) in [4.78, 5) is 9.07. The summed E-state index contributed by atoms with van der Waals surface area (Å²) in [7, 11) is 0. The highest BCUT2D eigenvalue weighted by molar-refractivity contribution is 7.98. The monoisotopic (exact) mass is 311 g/mol. The number of imidazole rings is 1. The van der Waals surface area contributed by atoms with Gasteiger partial charge < -0.3 is 5.11 Å². The third-order valence-corrected chi connectivity index (χ3v) is 4.26.